The van der Waals surface area contributed by atoms with Crippen molar-refractivity contribution < 1.29 is 14.3 Å². The average molecular weight is 297 g/mol. The zero-order valence-corrected chi connectivity index (χ0v) is 12.7. The minimum absolute atomic E-state index is 0.192. The van der Waals surface area contributed by atoms with E-state index in [1.807, 2.05) is 54.6 Å². The SMILES string of the molecule is CC(=O)NC(C)C(=O)OCc1ccc(-c2ccccc2)cc1. The first-order valence-electron chi connectivity index (χ1n) is 7.14. The van der Waals surface area contributed by atoms with E-state index < -0.39 is 12.0 Å². The fourth-order valence-corrected chi connectivity index (χ4v) is 2.07. The summed E-state index contributed by atoms with van der Waals surface area (Å²) in [7, 11) is 0. The van der Waals surface area contributed by atoms with Gasteiger partial charge in [0.25, 0.3) is 0 Å². The molecule has 0 spiro atoms. The van der Waals surface area contributed by atoms with Crippen LogP contribution in [0.5, 0.6) is 0 Å². The molecule has 2 aromatic carbocycles. The summed E-state index contributed by atoms with van der Waals surface area (Å²) in [4.78, 5) is 22.6. The Bertz CT molecular complexity index is 635. The molecule has 0 saturated carbocycles. The molecule has 1 unspecified atom stereocenters. The molecule has 4 heteroatoms. The van der Waals surface area contributed by atoms with Crippen LogP contribution < -0.4 is 5.32 Å². The molecular weight excluding hydrogens is 278 g/mol. The highest BCUT2D eigenvalue weighted by Crippen LogP contribution is 2.19. The maximum Gasteiger partial charge on any atom is 0.328 e. The summed E-state index contributed by atoms with van der Waals surface area (Å²) in [5.74, 6) is -0.695. The van der Waals surface area contributed by atoms with Gasteiger partial charge in [0, 0.05) is 6.92 Å². The van der Waals surface area contributed by atoms with Crippen molar-refractivity contribution in [2.75, 3.05) is 0 Å². The van der Waals surface area contributed by atoms with Gasteiger partial charge in [-0.25, -0.2) is 4.79 Å². The lowest BCUT2D eigenvalue weighted by atomic mass is 10.0. The summed E-state index contributed by atoms with van der Waals surface area (Å²) in [6, 6.07) is 17.3. The van der Waals surface area contributed by atoms with Crippen LogP contribution in [0.3, 0.4) is 0 Å². The summed E-state index contributed by atoms with van der Waals surface area (Å²) in [5, 5.41) is 2.50. The van der Waals surface area contributed by atoms with E-state index in [4.69, 9.17) is 4.74 Å². The molecule has 0 heterocycles. The van der Waals surface area contributed by atoms with Gasteiger partial charge in [-0.3, -0.25) is 4.79 Å². The molecule has 0 aliphatic heterocycles. The summed E-state index contributed by atoms with van der Waals surface area (Å²) in [6.45, 7) is 3.16. The Morgan fingerprint density at radius 2 is 1.59 bits per heavy atom. The first kappa shape index (κ1) is 15.8. The van der Waals surface area contributed by atoms with Crippen LogP contribution in [0.25, 0.3) is 11.1 Å². The number of carbonyl (C=O) groups excluding carboxylic acids is 2. The second-order valence-electron chi connectivity index (χ2n) is 5.09. The van der Waals surface area contributed by atoms with Crippen LogP contribution in [0.4, 0.5) is 0 Å². The zero-order chi connectivity index (χ0) is 15.9. The molecule has 1 atom stereocenters. The van der Waals surface area contributed by atoms with Crippen molar-refractivity contribution in [2.45, 2.75) is 26.5 Å². The molecule has 22 heavy (non-hydrogen) atoms. The summed E-state index contributed by atoms with van der Waals surface area (Å²) in [5.41, 5.74) is 3.16. The molecular formula is C18H19NO3. The molecule has 0 aliphatic carbocycles. The number of esters is 1. The van der Waals surface area contributed by atoms with E-state index in [0.717, 1.165) is 16.7 Å². The first-order chi connectivity index (χ1) is 10.6. The normalized spacial score (nSPS) is 11.5. The smallest absolute Gasteiger partial charge is 0.328 e. The van der Waals surface area contributed by atoms with Crippen LogP contribution in [-0.2, 0) is 20.9 Å². The number of benzene rings is 2. The van der Waals surface area contributed by atoms with Crippen LogP contribution >= 0.6 is 0 Å². The molecule has 0 saturated heterocycles. The lowest BCUT2D eigenvalue weighted by Crippen LogP contribution is -2.38. The van der Waals surface area contributed by atoms with Crippen molar-refractivity contribution in [1.82, 2.24) is 5.32 Å². The highest BCUT2D eigenvalue weighted by molar-refractivity contribution is 5.82. The molecule has 4 nitrogen and oxygen atoms in total. The second kappa shape index (κ2) is 7.41. The molecule has 114 valence electrons. The van der Waals surface area contributed by atoms with E-state index >= 15 is 0 Å². The van der Waals surface area contributed by atoms with E-state index in [2.05, 4.69) is 5.32 Å². The molecule has 0 aliphatic rings. The van der Waals surface area contributed by atoms with E-state index in [1.54, 1.807) is 6.92 Å². The predicted octanol–water partition coefficient (Wildman–Crippen LogP) is 2.92. The van der Waals surface area contributed by atoms with Gasteiger partial charge >= 0.3 is 5.97 Å². The van der Waals surface area contributed by atoms with Gasteiger partial charge in [0.1, 0.15) is 12.6 Å². The Morgan fingerprint density at radius 3 is 2.18 bits per heavy atom. The fourth-order valence-electron chi connectivity index (χ4n) is 2.07. The van der Waals surface area contributed by atoms with Gasteiger partial charge < -0.3 is 10.1 Å². The monoisotopic (exact) mass is 297 g/mol. The molecule has 2 rings (SSSR count). The topological polar surface area (TPSA) is 55.4 Å². The Balaban J connectivity index is 1.92. The fraction of sp³-hybridized carbons (Fsp3) is 0.222. The van der Waals surface area contributed by atoms with Crippen molar-refractivity contribution in [3.05, 3.63) is 60.2 Å². The third-order valence-electron chi connectivity index (χ3n) is 3.22. The van der Waals surface area contributed by atoms with Crippen molar-refractivity contribution in [3.8, 4) is 11.1 Å². The number of amides is 1. The summed E-state index contributed by atoms with van der Waals surface area (Å²) < 4.78 is 5.18. The molecule has 0 bridgehead atoms. The molecule has 2 aromatic rings. The average Bonchev–Trinajstić information content (AvgIpc) is 2.53. The lowest BCUT2D eigenvalue weighted by molar-refractivity contribution is -0.148. The summed E-state index contributed by atoms with van der Waals surface area (Å²) >= 11 is 0. The number of ether oxygens (including phenoxy) is 1. The van der Waals surface area contributed by atoms with Gasteiger partial charge in [-0.05, 0) is 23.6 Å². The van der Waals surface area contributed by atoms with Crippen LogP contribution in [0.15, 0.2) is 54.6 Å². The third-order valence-corrected chi connectivity index (χ3v) is 3.22. The van der Waals surface area contributed by atoms with Crippen LogP contribution in [0.2, 0.25) is 0 Å². The van der Waals surface area contributed by atoms with Crippen molar-refractivity contribution in [3.63, 3.8) is 0 Å². The molecule has 0 fully saturated rings. The van der Waals surface area contributed by atoms with Gasteiger partial charge in [-0.2, -0.15) is 0 Å². The van der Waals surface area contributed by atoms with E-state index in [0.29, 0.717) is 0 Å². The van der Waals surface area contributed by atoms with E-state index in [-0.39, 0.29) is 12.5 Å². The quantitative estimate of drug-likeness (QED) is 0.863. The van der Waals surface area contributed by atoms with Gasteiger partial charge in [0.2, 0.25) is 5.91 Å². The number of hydrogen-bond acceptors (Lipinski definition) is 3. The highest BCUT2D eigenvalue weighted by atomic mass is 16.5. The largest absolute Gasteiger partial charge is 0.459 e. The molecule has 1 amide bonds. The molecule has 1 N–H and O–H groups in total. The van der Waals surface area contributed by atoms with Crippen LogP contribution in [-0.4, -0.2) is 17.9 Å². The number of nitrogens with one attached hydrogen (secondary N) is 1. The number of rotatable bonds is 5. The van der Waals surface area contributed by atoms with Crippen molar-refractivity contribution in [1.29, 1.82) is 0 Å². The van der Waals surface area contributed by atoms with Crippen LogP contribution in [0, 0.1) is 0 Å². The van der Waals surface area contributed by atoms with Crippen LogP contribution in [0.1, 0.15) is 19.4 Å². The third kappa shape index (κ3) is 4.45. The van der Waals surface area contributed by atoms with Crippen molar-refractivity contribution >= 4 is 11.9 Å². The van der Waals surface area contributed by atoms with E-state index in [1.165, 1.54) is 6.92 Å². The maximum atomic E-state index is 11.7. The van der Waals surface area contributed by atoms with Gasteiger partial charge in [-0.1, -0.05) is 54.6 Å². The Morgan fingerprint density at radius 1 is 1.00 bits per heavy atom. The maximum absolute atomic E-state index is 11.7. The second-order valence-corrected chi connectivity index (χ2v) is 5.09. The number of hydrogen-bond donors (Lipinski definition) is 1. The van der Waals surface area contributed by atoms with Gasteiger partial charge in [0.05, 0.1) is 0 Å². The first-order valence-corrected chi connectivity index (χ1v) is 7.14. The Labute approximate surface area is 130 Å². The highest BCUT2D eigenvalue weighted by Gasteiger charge is 2.14. The predicted molar refractivity (Wildman–Crippen MR) is 85.0 cm³/mol. The Hall–Kier alpha value is -2.62. The van der Waals surface area contributed by atoms with E-state index in [9.17, 15) is 9.59 Å². The zero-order valence-electron chi connectivity index (χ0n) is 12.7. The Kier molecular flexibility index (Phi) is 5.31. The lowest BCUT2D eigenvalue weighted by Gasteiger charge is -2.12. The van der Waals surface area contributed by atoms with Gasteiger partial charge in [0.15, 0.2) is 0 Å². The summed E-state index contributed by atoms with van der Waals surface area (Å²) in [6.07, 6.45) is 0. The van der Waals surface area contributed by atoms with Gasteiger partial charge in [-0.15, -0.1) is 0 Å². The van der Waals surface area contributed by atoms with Crippen molar-refractivity contribution in [2.24, 2.45) is 0 Å². The standard InChI is InChI=1S/C18H19NO3/c1-13(19-14(2)20)18(21)22-12-15-8-10-17(11-9-15)16-6-4-3-5-7-16/h3-11,13H,12H2,1-2H3,(H,19,20). The minimum Gasteiger partial charge on any atom is -0.459 e. The minimum atomic E-state index is -0.638. The molecule has 0 radical (unpaired) electrons. The molecule has 0 aromatic heterocycles. The number of carbonyl (C=O) groups is 2.